The van der Waals surface area contributed by atoms with E-state index >= 15 is 0 Å². The van der Waals surface area contributed by atoms with Crippen molar-refractivity contribution < 1.29 is 4.52 Å². The van der Waals surface area contributed by atoms with Crippen molar-refractivity contribution in [3.8, 4) is 11.3 Å². The number of rotatable bonds is 4. The van der Waals surface area contributed by atoms with E-state index in [1.165, 1.54) is 0 Å². The van der Waals surface area contributed by atoms with Crippen molar-refractivity contribution in [2.45, 2.75) is 13.5 Å². The molecule has 25 heavy (non-hydrogen) atoms. The van der Waals surface area contributed by atoms with Crippen LogP contribution in [0.2, 0.25) is 0 Å². The molecule has 1 aliphatic heterocycles. The Morgan fingerprint density at radius 3 is 2.52 bits per heavy atom. The van der Waals surface area contributed by atoms with Crippen molar-refractivity contribution in [2.24, 2.45) is 0 Å². The van der Waals surface area contributed by atoms with Crippen molar-refractivity contribution >= 4 is 5.95 Å². The minimum Gasteiger partial charge on any atom is -0.340 e. The SMILES string of the molecule is Cc1nc(CN2CCN(c3nccc(-c4ccncc4)n3)CC2)no1. The van der Waals surface area contributed by atoms with Crippen molar-refractivity contribution in [3.05, 3.63) is 48.5 Å². The van der Waals surface area contributed by atoms with Gasteiger partial charge in [0, 0.05) is 57.3 Å². The fourth-order valence-corrected chi connectivity index (χ4v) is 2.90. The number of pyridine rings is 1. The second-order valence-electron chi connectivity index (χ2n) is 5.97. The van der Waals surface area contributed by atoms with E-state index in [1.807, 2.05) is 31.3 Å². The van der Waals surface area contributed by atoms with Crippen LogP contribution < -0.4 is 4.90 Å². The van der Waals surface area contributed by atoms with Gasteiger partial charge in [-0.25, -0.2) is 9.97 Å². The van der Waals surface area contributed by atoms with Gasteiger partial charge < -0.3 is 9.42 Å². The van der Waals surface area contributed by atoms with E-state index in [0.717, 1.165) is 49.2 Å². The number of hydrogen-bond donors (Lipinski definition) is 0. The van der Waals surface area contributed by atoms with E-state index < -0.39 is 0 Å². The van der Waals surface area contributed by atoms with Crippen LogP contribution in [0, 0.1) is 6.92 Å². The first-order valence-corrected chi connectivity index (χ1v) is 8.28. The summed E-state index contributed by atoms with van der Waals surface area (Å²) in [6.07, 6.45) is 5.36. The molecule has 3 aromatic rings. The summed E-state index contributed by atoms with van der Waals surface area (Å²) in [5.41, 5.74) is 1.96. The summed E-state index contributed by atoms with van der Waals surface area (Å²) in [4.78, 5) is 22.0. The van der Waals surface area contributed by atoms with Crippen LogP contribution in [0.3, 0.4) is 0 Å². The second kappa shape index (κ2) is 6.94. The molecule has 1 fully saturated rings. The van der Waals surface area contributed by atoms with Crippen molar-refractivity contribution in [3.63, 3.8) is 0 Å². The number of anilines is 1. The lowest BCUT2D eigenvalue weighted by Crippen LogP contribution is -2.46. The van der Waals surface area contributed by atoms with Gasteiger partial charge in [-0.3, -0.25) is 9.88 Å². The highest BCUT2D eigenvalue weighted by molar-refractivity contribution is 5.59. The van der Waals surface area contributed by atoms with Crippen LogP contribution in [0.15, 0.2) is 41.3 Å². The molecule has 0 aliphatic carbocycles. The van der Waals surface area contributed by atoms with Crippen LogP contribution in [0.25, 0.3) is 11.3 Å². The first kappa shape index (κ1) is 15.6. The van der Waals surface area contributed by atoms with E-state index in [4.69, 9.17) is 9.51 Å². The zero-order valence-corrected chi connectivity index (χ0v) is 14.0. The highest BCUT2D eigenvalue weighted by Gasteiger charge is 2.20. The summed E-state index contributed by atoms with van der Waals surface area (Å²) < 4.78 is 5.03. The molecule has 0 bridgehead atoms. The Kier molecular flexibility index (Phi) is 4.34. The van der Waals surface area contributed by atoms with Gasteiger partial charge in [-0.05, 0) is 18.2 Å². The number of hydrogen-bond acceptors (Lipinski definition) is 8. The molecule has 8 nitrogen and oxygen atoms in total. The van der Waals surface area contributed by atoms with E-state index in [9.17, 15) is 0 Å². The Morgan fingerprint density at radius 1 is 1.00 bits per heavy atom. The highest BCUT2D eigenvalue weighted by atomic mass is 16.5. The van der Waals surface area contributed by atoms with Crippen LogP contribution in [0.5, 0.6) is 0 Å². The minimum atomic E-state index is 0.606. The quantitative estimate of drug-likeness (QED) is 0.709. The lowest BCUT2D eigenvalue weighted by Gasteiger charge is -2.34. The van der Waals surface area contributed by atoms with Crippen LogP contribution in [0.4, 0.5) is 5.95 Å². The third-order valence-corrected chi connectivity index (χ3v) is 4.21. The van der Waals surface area contributed by atoms with E-state index in [0.29, 0.717) is 12.4 Å². The predicted octanol–water partition coefficient (Wildman–Crippen LogP) is 1.55. The summed E-state index contributed by atoms with van der Waals surface area (Å²) in [5.74, 6) is 2.11. The second-order valence-corrected chi connectivity index (χ2v) is 5.97. The molecule has 1 saturated heterocycles. The third kappa shape index (κ3) is 3.63. The predicted molar refractivity (Wildman–Crippen MR) is 91.8 cm³/mol. The number of aromatic nitrogens is 5. The van der Waals surface area contributed by atoms with Gasteiger partial charge in [0.1, 0.15) is 0 Å². The zero-order chi connectivity index (χ0) is 17.1. The Hall–Kier alpha value is -2.87. The van der Waals surface area contributed by atoms with Gasteiger partial charge in [-0.15, -0.1) is 0 Å². The standard InChI is InChI=1S/C17H19N7O/c1-13-20-16(22-25-13)12-23-8-10-24(11-9-23)17-19-7-4-15(21-17)14-2-5-18-6-3-14/h2-7H,8-12H2,1H3. The fourth-order valence-electron chi connectivity index (χ4n) is 2.90. The first-order valence-electron chi connectivity index (χ1n) is 8.28. The molecule has 0 spiro atoms. The minimum absolute atomic E-state index is 0.606. The molecule has 3 aromatic heterocycles. The topological polar surface area (TPSA) is 84.1 Å². The molecule has 8 heteroatoms. The summed E-state index contributed by atoms with van der Waals surface area (Å²) in [7, 11) is 0. The molecular formula is C17H19N7O. The zero-order valence-electron chi connectivity index (χ0n) is 14.0. The lowest BCUT2D eigenvalue weighted by atomic mass is 10.2. The first-order chi connectivity index (χ1) is 12.3. The summed E-state index contributed by atoms with van der Waals surface area (Å²) >= 11 is 0. The Bertz CT molecular complexity index is 828. The molecule has 0 atom stereocenters. The smallest absolute Gasteiger partial charge is 0.225 e. The van der Waals surface area contributed by atoms with Gasteiger partial charge in [0.15, 0.2) is 5.82 Å². The van der Waals surface area contributed by atoms with E-state index in [1.54, 1.807) is 12.4 Å². The normalized spacial score (nSPS) is 15.5. The average molecular weight is 337 g/mol. The molecule has 0 radical (unpaired) electrons. The molecule has 0 saturated carbocycles. The van der Waals surface area contributed by atoms with E-state index in [-0.39, 0.29) is 0 Å². The van der Waals surface area contributed by atoms with E-state index in [2.05, 4.69) is 29.9 Å². The third-order valence-electron chi connectivity index (χ3n) is 4.21. The van der Waals surface area contributed by atoms with Gasteiger partial charge in [-0.2, -0.15) is 4.98 Å². The lowest BCUT2D eigenvalue weighted by molar-refractivity contribution is 0.239. The monoisotopic (exact) mass is 337 g/mol. The average Bonchev–Trinajstić information content (AvgIpc) is 3.08. The maximum Gasteiger partial charge on any atom is 0.225 e. The van der Waals surface area contributed by atoms with Gasteiger partial charge in [-0.1, -0.05) is 5.16 Å². The largest absolute Gasteiger partial charge is 0.340 e. The number of piperazine rings is 1. The summed E-state index contributed by atoms with van der Waals surface area (Å²) in [5, 5.41) is 3.96. The summed E-state index contributed by atoms with van der Waals surface area (Å²) in [6, 6.07) is 5.83. The fraction of sp³-hybridized carbons (Fsp3) is 0.353. The molecule has 4 rings (SSSR count). The molecule has 4 heterocycles. The van der Waals surface area contributed by atoms with Crippen LogP contribution in [-0.2, 0) is 6.54 Å². The number of aryl methyl sites for hydroxylation is 1. The van der Waals surface area contributed by atoms with Gasteiger partial charge in [0.25, 0.3) is 0 Å². The van der Waals surface area contributed by atoms with Crippen molar-refractivity contribution in [2.75, 3.05) is 31.1 Å². The molecule has 1 aliphatic rings. The van der Waals surface area contributed by atoms with Gasteiger partial charge >= 0.3 is 0 Å². The molecular weight excluding hydrogens is 318 g/mol. The van der Waals surface area contributed by atoms with Crippen molar-refractivity contribution in [1.29, 1.82) is 0 Å². The van der Waals surface area contributed by atoms with Crippen molar-refractivity contribution in [1.82, 2.24) is 30.0 Å². The Labute approximate surface area is 145 Å². The van der Waals surface area contributed by atoms with Crippen LogP contribution >= 0.6 is 0 Å². The number of nitrogens with zero attached hydrogens (tertiary/aromatic N) is 7. The van der Waals surface area contributed by atoms with Crippen LogP contribution in [-0.4, -0.2) is 56.2 Å². The molecule has 0 amide bonds. The highest BCUT2D eigenvalue weighted by Crippen LogP contribution is 2.19. The molecule has 128 valence electrons. The molecule has 0 N–H and O–H groups in total. The maximum absolute atomic E-state index is 5.03. The molecule has 0 unspecified atom stereocenters. The Balaban J connectivity index is 1.41. The summed E-state index contributed by atoms with van der Waals surface area (Å²) in [6.45, 7) is 6.09. The van der Waals surface area contributed by atoms with Gasteiger partial charge in [0.05, 0.1) is 12.2 Å². The van der Waals surface area contributed by atoms with Gasteiger partial charge in [0.2, 0.25) is 11.8 Å². The van der Waals surface area contributed by atoms with Crippen LogP contribution in [0.1, 0.15) is 11.7 Å². The maximum atomic E-state index is 5.03. The Morgan fingerprint density at radius 2 is 1.80 bits per heavy atom. The molecule has 0 aromatic carbocycles.